The first-order chi connectivity index (χ1) is 13.9. The minimum Gasteiger partial charge on any atom is -0.507 e. The molecule has 3 aromatic rings. The maximum absolute atomic E-state index is 12.8. The first kappa shape index (κ1) is 19.3. The third kappa shape index (κ3) is 3.23. The lowest BCUT2D eigenvalue weighted by Crippen LogP contribution is -2.28. The van der Waals surface area contributed by atoms with E-state index in [4.69, 9.17) is 16.0 Å². The molecule has 0 aliphatic carbocycles. The second-order valence-corrected chi connectivity index (χ2v) is 7.70. The quantitative estimate of drug-likeness (QED) is 0.670. The Hall–Kier alpha value is -3.01. The number of likely N-dealkylation sites (N-methyl/N-ethyl adjacent to an activating group) is 1. The molecule has 0 radical (unpaired) electrons. The topological polar surface area (TPSA) is 97.7 Å². The van der Waals surface area contributed by atoms with E-state index in [0.717, 1.165) is 6.54 Å². The predicted molar refractivity (Wildman–Crippen MR) is 110 cm³/mol. The molecule has 1 unspecified atom stereocenters. The van der Waals surface area contributed by atoms with E-state index < -0.39 is 5.43 Å². The van der Waals surface area contributed by atoms with Gasteiger partial charge in [-0.05, 0) is 32.1 Å². The molecule has 6 nitrogen and oxygen atoms in total. The number of fused-ring (bicyclic) bond motifs is 1. The van der Waals surface area contributed by atoms with E-state index in [0.29, 0.717) is 22.6 Å². The Morgan fingerprint density at radius 2 is 2.03 bits per heavy atom. The molecule has 0 saturated carbocycles. The van der Waals surface area contributed by atoms with Crippen LogP contribution in [0.3, 0.4) is 0 Å². The highest BCUT2D eigenvalue weighted by atomic mass is 35.5. The van der Waals surface area contributed by atoms with E-state index in [9.17, 15) is 20.3 Å². The third-order valence-corrected chi connectivity index (χ3v) is 5.96. The zero-order valence-electron chi connectivity index (χ0n) is 15.7. The zero-order valence-corrected chi connectivity index (χ0v) is 16.5. The highest BCUT2D eigenvalue weighted by Gasteiger charge is 2.37. The molecule has 4 rings (SSSR count). The summed E-state index contributed by atoms with van der Waals surface area (Å²) in [5.41, 5.74) is 0.684. The molecule has 1 fully saturated rings. The Balaban J connectivity index is 2.01. The lowest BCUT2D eigenvalue weighted by atomic mass is 9.88. The van der Waals surface area contributed by atoms with E-state index in [-0.39, 0.29) is 46.6 Å². The summed E-state index contributed by atoms with van der Waals surface area (Å²) in [6, 6.07) is 11.5. The van der Waals surface area contributed by atoms with E-state index in [1.807, 2.05) is 7.05 Å². The van der Waals surface area contributed by atoms with E-state index in [1.165, 1.54) is 12.1 Å². The van der Waals surface area contributed by atoms with Crippen LogP contribution in [0.4, 0.5) is 0 Å². The number of nitriles is 1. The summed E-state index contributed by atoms with van der Waals surface area (Å²) < 4.78 is 6.07. The largest absolute Gasteiger partial charge is 0.507 e. The summed E-state index contributed by atoms with van der Waals surface area (Å²) >= 11 is 6.27. The van der Waals surface area contributed by atoms with Crippen LogP contribution in [0.2, 0.25) is 5.02 Å². The van der Waals surface area contributed by atoms with Gasteiger partial charge in [-0.25, -0.2) is 0 Å². The number of aromatic hydroxyl groups is 2. The maximum Gasteiger partial charge on any atom is 0.197 e. The van der Waals surface area contributed by atoms with Gasteiger partial charge in [0.05, 0.1) is 17.5 Å². The number of benzene rings is 2. The van der Waals surface area contributed by atoms with Gasteiger partial charge in [0.15, 0.2) is 5.43 Å². The first-order valence-electron chi connectivity index (χ1n) is 9.27. The average molecular weight is 411 g/mol. The van der Waals surface area contributed by atoms with Crippen molar-refractivity contribution in [3.8, 4) is 28.9 Å². The number of hydrogen-bond donors (Lipinski definition) is 2. The Morgan fingerprint density at radius 3 is 2.76 bits per heavy atom. The molecular weight excluding hydrogens is 392 g/mol. The van der Waals surface area contributed by atoms with Gasteiger partial charge in [0.25, 0.3) is 0 Å². The fourth-order valence-corrected chi connectivity index (χ4v) is 4.44. The highest BCUT2D eigenvalue weighted by molar-refractivity contribution is 6.33. The van der Waals surface area contributed by atoms with Gasteiger partial charge in [-0.15, -0.1) is 0 Å². The Morgan fingerprint density at radius 1 is 1.28 bits per heavy atom. The Bertz CT molecular complexity index is 1200. The van der Waals surface area contributed by atoms with Gasteiger partial charge in [0.2, 0.25) is 0 Å². The number of likely N-dealkylation sites (tertiary alicyclic amines) is 1. The number of halogens is 1. The lowest BCUT2D eigenvalue weighted by Gasteiger charge is -2.24. The molecule has 1 aromatic heterocycles. The normalized spacial score (nSPS) is 19.5. The van der Waals surface area contributed by atoms with Crippen LogP contribution < -0.4 is 5.43 Å². The molecule has 1 saturated heterocycles. The van der Waals surface area contributed by atoms with Gasteiger partial charge in [-0.1, -0.05) is 23.7 Å². The fraction of sp³-hybridized carbons (Fsp3) is 0.273. The first-order valence-corrected chi connectivity index (χ1v) is 9.65. The molecule has 0 spiro atoms. The molecule has 29 heavy (non-hydrogen) atoms. The molecule has 148 valence electrons. The number of hydrogen-bond acceptors (Lipinski definition) is 6. The van der Waals surface area contributed by atoms with Crippen LogP contribution in [-0.2, 0) is 0 Å². The van der Waals surface area contributed by atoms with Crippen LogP contribution in [0, 0.1) is 11.3 Å². The van der Waals surface area contributed by atoms with Crippen molar-refractivity contribution in [2.45, 2.75) is 24.8 Å². The van der Waals surface area contributed by atoms with Crippen LogP contribution in [0.15, 0.2) is 45.6 Å². The second kappa shape index (κ2) is 7.43. The summed E-state index contributed by atoms with van der Waals surface area (Å²) in [5.74, 6) is -0.462. The average Bonchev–Trinajstić information content (AvgIpc) is 3.02. The van der Waals surface area contributed by atoms with E-state index in [1.54, 1.807) is 24.3 Å². The molecular formula is C22H19ClN2O4. The van der Waals surface area contributed by atoms with E-state index >= 15 is 0 Å². The van der Waals surface area contributed by atoms with Gasteiger partial charge < -0.3 is 19.5 Å². The second-order valence-electron chi connectivity index (χ2n) is 7.29. The van der Waals surface area contributed by atoms with Gasteiger partial charge in [0.1, 0.15) is 28.2 Å². The number of nitrogens with zero attached hydrogens (tertiary/aromatic N) is 2. The maximum atomic E-state index is 12.8. The molecule has 2 atom stereocenters. The van der Waals surface area contributed by atoms with Crippen LogP contribution in [-0.4, -0.2) is 34.7 Å². The van der Waals surface area contributed by atoms with Crippen molar-refractivity contribution in [3.63, 3.8) is 0 Å². The van der Waals surface area contributed by atoms with Crippen molar-refractivity contribution in [2.75, 3.05) is 13.6 Å². The summed E-state index contributed by atoms with van der Waals surface area (Å²) in [5, 5.41) is 30.7. The molecule has 0 amide bonds. The monoisotopic (exact) mass is 410 g/mol. The van der Waals surface area contributed by atoms with Crippen molar-refractivity contribution >= 4 is 22.6 Å². The summed E-state index contributed by atoms with van der Waals surface area (Å²) in [6.45, 7) is 0.743. The number of phenols is 2. The fourth-order valence-electron chi connectivity index (χ4n) is 4.21. The molecule has 1 aliphatic heterocycles. The van der Waals surface area contributed by atoms with Crippen LogP contribution in [0.1, 0.15) is 24.3 Å². The SMILES string of the molecule is CN1CCC(c2c(O)cc(O)c3c(=O)cc(-c4ccccc4Cl)oc23)[C@@H]1CC#N. The van der Waals surface area contributed by atoms with Gasteiger partial charge >= 0.3 is 0 Å². The number of rotatable bonds is 3. The third-order valence-electron chi connectivity index (χ3n) is 5.63. The summed E-state index contributed by atoms with van der Waals surface area (Å²) in [4.78, 5) is 14.9. The molecule has 2 N–H and O–H groups in total. The molecule has 1 aliphatic rings. The molecule has 2 aromatic carbocycles. The standard InChI is InChI=1S/C22H19ClN2O4/c1-25-9-7-13(15(25)6-8-24)20-16(26)10-17(27)21-18(28)11-19(29-22(20)21)12-4-2-3-5-14(12)23/h2-5,10-11,13,15,26-27H,6-7,9H2,1H3/t13?,15-/m0/s1. The van der Waals surface area contributed by atoms with Crippen molar-refractivity contribution in [2.24, 2.45) is 0 Å². The Kier molecular flexibility index (Phi) is 4.95. The van der Waals surface area contributed by atoms with Gasteiger partial charge in [-0.3, -0.25) is 4.79 Å². The van der Waals surface area contributed by atoms with Crippen LogP contribution in [0.5, 0.6) is 11.5 Å². The molecule has 0 bridgehead atoms. The van der Waals surface area contributed by atoms with Gasteiger partial charge in [0, 0.05) is 35.2 Å². The predicted octanol–water partition coefficient (Wildman–Crippen LogP) is 4.23. The Labute approximate surface area is 172 Å². The van der Waals surface area contributed by atoms with Crippen LogP contribution in [0.25, 0.3) is 22.3 Å². The van der Waals surface area contributed by atoms with Crippen molar-refractivity contribution in [3.05, 3.63) is 57.2 Å². The summed E-state index contributed by atoms with van der Waals surface area (Å²) in [6.07, 6.45) is 0.966. The van der Waals surface area contributed by atoms with E-state index in [2.05, 4.69) is 11.0 Å². The zero-order chi connectivity index (χ0) is 20.7. The smallest absolute Gasteiger partial charge is 0.197 e. The minimum absolute atomic E-state index is 0.0128. The lowest BCUT2D eigenvalue weighted by molar-refractivity contribution is 0.299. The van der Waals surface area contributed by atoms with Crippen molar-refractivity contribution < 1.29 is 14.6 Å². The molecule has 7 heteroatoms. The van der Waals surface area contributed by atoms with Crippen LogP contribution >= 0.6 is 11.6 Å². The minimum atomic E-state index is -0.428. The number of phenolic OH excluding ortho intramolecular Hbond substituents is 2. The summed E-state index contributed by atoms with van der Waals surface area (Å²) in [7, 11) is 1.92. The highest BCUT2D eigenvalue weighted by Crippen LogP contribution is 2.45. The van der Waals surface area contributed by atoms with Crippen molar-refractivity contribution in [1.82, 2.24) is 4.90 Å². The van der Waals surface area contributed by atoms with Crippen molar-refractivity contribution in [1.29, 1.82) is 5.26 Å². The van der Waals surface area contributed by atoms with Gasteiger partial charge in [-0.2, -0.15) is 5.26 Å². The molecule has 2 heterocycles.